The zero-order valence-corrected chi connectivity index (χ0v) is 12.5. The molecule has 1 atom stereocenters. The van der Waals surface area contributed by atoms with Crippen LogP contribution in [0.25, 0.3) is 10.8 Å². The third kappa shape index (κ3) is 1.85. The second-order valence-electron chi connectivity index (χ2n) is 4.84. The number of anilines is 1. The van der Waals surface area contributed by atoms with Crippen LogP contribution in [0, 0.1) is 0 Å². The summed E-state index contributed by atoms with van der Waals surface area (Å²) < 4.78 is 0. The van der Waals surface area contributed by atoms with E-state index < -0.39 is 0 Å². The Morgan fingerprint density at radius 3 is 2.53 bits per heavy atom. The predicted molar refractivity (Wildman–Crippen MR) is 82.4 cm³/mol. The van der Waals surface area contributed by atoms with Gasteiger partial charge in [0.1, 0.15) is 5.75 Å². The van der Waals surface area contributed by atoms with Crippen molar-refractivity contribution in [2.45, 2.75) is 5.92 Å². The maximum Gasteiger partial charge on any atom is 0.127 e. The fraction of sp³-hybridized carbons (Fsp3) is 0.286. The molecule has 2 aromatic rings. The van der Waals surface area contributed by atoms with Gasteiger partial charge in [0.2, 0.25) is 0 Å². The second-order valence-corrected chi connectivity index (χ2v) is 5.96. The van der Waals surface area contributed by atoms with E-state index in [9.17, 15) is 5.11 Å². The topological polar surface area (TPSA) is 23.5 Å². The fourth-order valence-corrected chi connectivity index (χ4v) is 3.61. The minimum absolute atomic E-state index is 0.156. The van der Waals surface area contributed by atoms with Crippen LogP contribution in [0.4, 0.5) is 5.69 Å². The van der Waals surface area contributed by atoms with Crippen molar-refractivity contribution in [2.75, 3.05) is 24.4 Å². The summed E-state index contributed by atoms with van der Waals surface area (Å²) in [6.45, 7) is 0.820. The Hall–Kier alpha value is -0.830. The van der Waals surface area contributed by atoms with Crippen molar-refractivity contribution < 1.29 is 5.11 Å². The van der Waals surface area contributed by atoms with Gasteiger partial charge in [-0.15, -0.1) is 11.6 Å². The van der Waals surface area contributed by atoms with Crippen molar-refractivity contribution in [1.29, 1.82) is 0 Å². The molecule has 0 aliphatic carbocycles. The van der Waals surface area contributed by atoms with E-state index >= 15 is 0 Å². The first kappa shape index (κ1) is 13.2. The molecule has 0 aromatic heterocycles. The van der Waals surface area contributed by atoms with Gasteiger partial charge in [-0.3, -0.25) is 0 Å². The Morgan fingerprint density at radius 2 is 1.89 bits per heavy atom. The molecule has 19 heavy (non-hydrogen) atoms. The van der Waals surface area contributed by atoms with E-state index in [2.05, 4.69) is 4.90 Å². The summed E-state index contributed by atoms with van der Waals surface area (Å²) >= 11 is 18.6. The molecule has 1 N–H and O–H groups in total. The van der Waals surface area contributed by atoms with E-state index in [1.54, 1.807) is 18.2 Å². The van der Waals surface area contributed by atoms with Crippen molar-refractivity contribution in [2.24, 2.45) is 0 Å². The largest absolute Gasteiger partial charge is 0.507 e. The average molecular weight is 317 g/mol. The molecule has 5 heteroatoms. The molecule has 0 spiro atoms. The number of alkyl halides is 1. The highest BCUT2D eigenvalue weighted by molar-refractivity contribution is 6.41. The number of rotatable bonds is 1. The van der Waals surface area contributed by atoms with Gasteiger partial charge in [0.15, 0.2) is 0 Å². The number of likely N-dealkylation sites (N-methyl/N-ethyl adjacent to an activating group) is 1. The van der Waals surface area contributed by atoms with Gasteiger partial charge in [0.05, 0.1) is 5.02 Å². The maximum atomic E-state index is 10.2. The number of nitrogens with zero attached hydrogens (tertiary/aromatic N) is 1. The molecule has 0 amide bonds. The van der Waals surface area contributed by atoms with Crippen molar-refractivity contribution in [3.63, 3.8) is 0 Å². The Bertz CT molecular complexity index is 672. The molecule has 1 aliphatic rings. The lowest BCUT2D eigenvalue weighted by atomic mass is 9.95. The van der Waals surface area contributed by atoms with E-state index in [0.29, 0.717) is 21.3 Å². The zero-order valence-electron chi connectivity index (χ0n) is 10.3. The summed E-state index contributed by atoms with van der Waals surface area (Å²) in [6.07, 6.45) is 0. The lowest BCUT2D eigenvalue weighted by Gasteiger charge is -2.15. The zero-order chi connectivity index (χ0) is 13.7. The van der Waals surface area contributed by atoms with Crippen LogP contribution in [-0.2, 0) is 0 Å². The Morgan fingerprint density at radius 1 is 1.26 bits per heavy atom. The Kier molecular flexibility index (Phi) is 3.20. The lowest BCUT2D eigenvalue weighted by Crippen LogP contribution is -2.15. The van der Waals surface area contributed by atoms with Crippen molar-refractivity contribution in [3.05, 3.63) is 33.8 Å². The highest BCUT2D eigenvalue weighted by atomic mass is 35.5. The van der Waals surface area contributed by atoms with Crippen LogP contribution >= 0.6 is 34.8 Å². The first-order chi connectivity index (χ1) is 9.04. The summed E-state index contributed by atoms with van der Waals surface area (Å²) in [5.74, 6) is 0.865. The SMILES string of the molecule is CN1C[C@@H](CCl)c2c1cc(O)c1c(Cl)ccc(Cl)c21. The third-order valence-corrected chi connectivity index (χ3v) is 4.68. The number of hydrogen-bond donors (Lipinski definition) is 1. The highest BCUT2D eigenvalue weighted by Gasteiger charge is 2.30. The van der Waals surface area contributed by atoms with Crippen molar-refractivity contribution in [1.82, 2.24) is 0 Å². The van der Waals surface area contributed by atoms with Gasteiger partial charge in [-0.25, -0.2) is 0 Å². The third-order valence-electron chi connectivity index (χ3n) is 3.68. The van der Waals surface area contributed by atoms with Gasteiger partial charge in [-0.2, -0.15) is 0 Å². The summed E-state index contributed by atoms with van der Waals surface area (Å²) in [4.78, 5) is 2.08. The van der Waals surface area contributed by atoms with Gasteiger partial charge in [-0.1, -0.05) is 23.2 Å². The van der Waals surface area contributed by atoms with E-state index in [1.807, 2.05) is 7.05 Å². The molecular formula is C14H12Cl3NO. The standard InChI is InChI=1S/C14H12Cl3NO/c1-18-6-7(5-15)12-10(18)4-11(19)13-8(16)2-3-9(17)14(12)13/h2-4,7,19H,5-6H2,1H3/t7-/m1/s1. The van der Waals surface area contributed by atoms with Crippen LogP contribution < -0.4 is 4.90 Å². The number of fused-ring (bicyclic) bond motifs is 3. The second kappa shape index (κ2) is 4.62. The van der Waals surface area contributed by atoms with E-state index in [4.69, 9.17) is 34.8 Å². The first-order valence-corrected chi connectivity index (χ1v) is 7.24. The molecule has 3 rings (SSSR count). The highest BCUT2D eigenvalue weighted by Crippen LogP contribution is 2.48. The molecule has 2 nitrogen and oxygen atoms in total. The molecular weight excluding hydrogens is 305 g/mol. The number of aromatic hydroxyl groups is 1. The number of phenolic OH excluding ortho intramolecular Hbond substituents is 1. The van der Waals surface area contributed by atoms with Gasteiger partial charge in [0.25, 0.3) is 0 Å². The van der Waals surface area contributed by atoms with Crippen molar-refractivity contribution in [3.8, 4) is 5.75 Å². The minimum atomic E-state index is 0.156. The number of benzene rings is 2. The lowest BCUT2D eigenvalue weighted by molar-refractivity contribution is 0.482. The van der Waals surface area contributed by atoms with E-state index in [1.165, 1.54) is 0 Å². The first-order valence-electron chi connectivity index (χ1n) is 5.95. The molecule has 0 fully saturated rings. The molecule has 100 valence electrons. The quantitative estimate of drug-likeness (QED) is 0.776. The Balaban J connectivity index is 2.48. The monoisotopic (exact) mass is 315 g/mol. The van der Waals surface area contributed by atoms with Crippen LogP contribution in [0.1, 0.15) is 11.5 Å². The van der Waals surface area contributed by atoms with Crippen molar-refractivity contribution >= 4 is 51.3 Å². The molecule has 1 heterocycles. The van der Waals surface area contributed by atoms with Crippen LogP contribution in [0.15, 0.2) is 18.2 Å². The summed E-state index contributed by atoms with van der Waals surface area (Å²) in [6, 6.07) is 5.20. The average Bonchev–Trinajstić information content (AvgIpc) is 2.70. The molecule has 0 radical (unpaired) electrons. The smallest absolute Gasteiger partial charge is 0.127 e. The maximum absolute atomic E-state index is 10.2. The number of halogens is 3. The number of hydrogen-bond acceptors (Lipinski definition) is 2. The van der Waals surface area contributed by atoms with E-state index in [0.717, 1.165) is 23.2 Å². The van der Waals surface area contributed by atoms with Crippen LogP contribution in [0.2, 0.25) is 10.0 Å². The summed E-state index contributed by atoms with van der Waals surface area (Å²) in [5, 5.41) is 12.7. The molecule has 1 aliphatic heterocycles. The number of phenols is 1. The van der Waals surface area contributed by atoms with Crippen LogP contribution in [0.5, 0.6) is 5.75 Å². The minimum Gasteiger partial charge on any atom is -0.507 e. The summed E-state index contributed by atoms with van der Waals surface area (Å²) in [7, 11) is 1.98. The van der Waals surface area contributed by atoms with Gasteiger partial charge >= 0.3 is 0 Å². The molecule has 0 bridgehead atoms. The van der Waals surface area contributed by atoms with Gasteiger partial charge < -0.3 is 10.0 Å². The molecule has 0 unspecified atom stereocenters. The summed E-state index contributed by atoms with van der Waals surface area (Å²) in [5.41, 5.74) is 2.05. The molecule has 0 saturated heterocycles. The van der Waals surface area contributed by atoms with Gasteiger partial charge in [-0.05, 0) is 17.7 Å². The predicted octanol–water partition coefficient (Wildman–Crippen LogP) is 4.62. The molecule has 0 saturated carbocycles. The van der Waals surface area contributed by atoms with Crippen LogP contribution in [0.3, 0.4) is 0 Å². The van der Waals surface area contributed by atoms with Gasteiger partial charge in [0, 0.05) is 52.9 Å². The molecule has 2 aromatic carbocycles. The van der Waals surface area contributed by atoms with E-state index in [-0.39, 0.29) is 11.7 Å². The Labute approximate surface area is 126 Å². The normalized spacial score (nSPS) is 18.1. The fourth-order valence-electron chi connectivity index (χ4n) is 2.85. The van der Waals surface area contributed by atoms with Crippen LogP contribution in [-0.4, -0.2) is 24.6 Å².